The van der Waals surface area contributed by atoms with Crippen LogP contribution in [0.15, 0.2) is 24.4 Å². The minimum Gasteiger partial charge on any atom is -0.288 e. The predicted octanol–water partition coefficient (Wildman–Crippen LogP) is 1.89. The average molecular weight is 367 g/mol. The lowest BCUT2D eigenvalue weighted by Crippen LogP contribution is -2.21. The minimum atomic E-state index is -5.84. The van der Waals surface area contributed by atoms with E-state index in [4.69, 9.17) is 25.9 Å². The lowest BCUT2D eigenvalue weighted by Gasteiger charge is -1.97. The molecule has 0 amide bonds. The molecule has 0 radical (unpaired) electrons. The monoisotopic (exact) mass is 367 g/mol. The molecule has 0 saturated heterocycles. The SMILES string of the molecule is CCCCc1ccccn1.O=S(=O)(O)C(F)(F)F.O=[SH](=O)O. The molecule has 0 spiro atoms. The van der Waals surface area contributed by atoms with Crippen LogP contribution in [0.3, 0.4) is 0 Å². The number of rotatable bonds is 3. The average Bonchev–Trinajstić information content (AvgIpc) is 2.35. The largest absolute Gasteiger partial charge is 0.522 e. The van der Waals surface area contributed by atoms with Crippen molar-refractivity contribution in [1.82, 2.24) is 4.98 Å². The molecule has 0 aliphatic carbocycles. The third-order valence-corrected chi connectivity index (χ3v) is 2.39. The highest BCUT2D eigenvalue weighted by molar-refractivity contribution is 7.86. The smallest absolute Gasteiger partial charge is 0.288 e. The first-order valence-corrected chi connectivity index (χ1v) is 8.25. The molecule has 22 heavy (non-hydrogen) atoms. The van der Waals surface area contributed by atoms with Gasteiger partial charge in [-0.3, -0.25) is 14.1 Å². The van der Waals surface area contributed by atoms with Crippen molar-refractivity contribution in [3.63, 3.8) is 0 Å². The van der Waals surface area contributed by atoms with Gasteiger partial charge in [0.05, 0.1) is 0 Å². The molecule has 12 heteroatoms. The Balaban J connectivity index is 0. The fourth-order valence-corrected chi connectivity index (χ4v) is 0.904. The van der Waals surface area contributed by atoms with E-state index in [-0.39, 0.29) is 0 Å². The Hall–Kier alpha value is -1.24. The molecule has 0 bridgehead atoms. The van der Waals surface area contributed by atoms with Crippen LogP contribution >= 0.6 is 0 Å². The Morgan fingerprint density at radius 3 is 2.00 bits per heavy atom. The zero-order chi connectivity index (χ0) is 17.8. The normalized spacial score (nSPS) is 11.0. The van der Waals surface area contributed by atoms with E-state index in [1.54, 1.807) is 0 Å². The van der Waals surface area contributed by atoms with Gasteiger partial charge in [0, 0.05) is 11.9 Å². The number of hydrogen-bond acceptors (Lipinski definition) is 5. The molecule has 1 rings (SSSR count). The van der Waals surface area contributed by atoms with Crippen LogP contribution in [0.5, 0.6) is 0 Å². The van der Waals surface area contributed by atoms with Crippen LogP contribution in [0.1, 0.15) is 25.5 Å². The van der Waals surface area contributed by atoms with Gasteiger partial charge in [-0.25, -0.2) is 8.42 Å². The van der Waals surface area contributed by atoms with Gasteiger partial charge in [-0.2, -0.15) is 21.6 Å². The van der Waals surface area contributed by atoms with Crippen LogP contribution in [0, 0.1) is 0 Å². The molecule has 130 valence electrons. The molecule has 0 atom stereocenters. The molecular weight excluding hydrogens is 351 g/mol. The Labute approximate surface area is 127 Å². The highest BCUT2D eigenvalue weighted by Gasteiger charge is 2.44. The fraction of sp³-hybridized carbons (Fsp3) is 0.500. The van der Waals surface area contributed by atoms with E-state index in [0.29, 0.717) is 0 Å². The first kappa shape index (κ1) is 23.0. The number of hydrogen-bond donors (Lipinski definition) is 3. The zero-order valence-electron chi connectivity index (χ0n) is 11.4. The maximum absolute atomic E-state index is 10.7. The second-order valence-electron chi connectivity index (χ2n) is 3.58. The number of unbranched alkanes of at least 4 members (excludes halogenated alkanes) is 1. The molecule has 0 aliphatic rings. The number of aryl methyl sites for hydroxylation is 1. The van der Waals surface area contributed by atoms with E-state index in [2.05, 4.69) is 18.0 Å². The van der Waals surface area contributed by atoms with Gasteiger partial charge in [-0.05, 0) is 25.0 Å². The lowest BCUT2D eigenvalue weighted by molar-refractivity contribution is -0.0510. The molecule has 0 unspecified atom stereocenters. The summed E-state index contributed by atoms with van der Waals surface area (Å²) in [5.41, 5.74) is -4.32. The standard InChI is InChI=1S/C9H13N.CHF3O3S.H2O3S/c1-2-3-6-9-7-4-5-8-10-9;2-1(3,4)8(5,6)7;1-4(2)3/h4-5,7-8H,2-3,6H2,1H3;(H,5,6,7);4H,(H,1,2,3). The third kappa shape index (κ3) is 15.2. The van der Waals surface area contributed by atoms with Crippen molar-refractivity contribution in [1.29, 1.82) is 0 Å². The summed E-state index contributed by atoms with van der Waals surface area (Å²) in [7, 11) is -8.96. The van der Waals surface area contributed by atoms with Gasteiger partial charge in [-0.15, -0.1) is 0 Å². The van der Waals surface area contributed by atoms with Gasteiger partial charge < -0.3 is 0 Å². The maximum Gasteiger partial charge on any atom is 0.522 e. The van der Waals surface area contributed by atoms with Gasteiger partial charge in [0.1, 0.15) is 0 Å². The Kier molecular flexibility index (Phi) is 11.9. The molecule has 2 N–H and O–H groups in total. The van der Waals surface area contributed by atoms with Crippen LogP contribution in [-0.2, 0) is 27.5 Å². The zero-order valence-corrected chi connectivity index (χ0v) is 13.1. The molecule has 0 aromatic carbocycles. The number of halogens is 3. The minimum absolute atomic E-state index is 1.12. The van der Waals surface area contributed by atoms with E-state index in [0.717, 1.165) is 6.42 Å². The number of aromatic nitrogens is 1. The van der Waals surface area contributed by atoms with Crippen molar-refractivity contribution in [3.05, 3.63) is 30.1 Å². The summed E-state index contributed by atoms with van der Waals surface area (Å²) in [6, 6.07) is 6.07. The van der Waals surface area contributed by atoms with E-state index >= 15 is 0 Å². The summed E-state index contributed by atoms with van der Waals surface area (Å²) in [6.45, 7) is 2.20. The van der Waals surface area contributed by atoms with Crippen molar-refractivity contribution in [2.75, 3.05) is 0 Å². The lowest BCUT2D eigenvalue weighted by atomic mass is 10.2. The quantitative estimate of drug-likeness (QED) is 0.424. The molecular formula is C10H16F3NO6S2. The van der Waals surface area contributed by atoms with Gasteiger partial charge in [0.2, 0.25) is 0 Å². The Morgan fingerprint density at radius 2 is 1.73 bits per heavy atom. The molecule has 1 aromatic heterocycles. The number of alkyl halides is 3. The second-order valence-corrected chi connectivity index (χ2v) is 5.47. The highest BCUT2D eigenvalue weighted by atomic mass is 32.2. The van der Waals surface area contributed by atoms with Gasteiger partial charge in [0.25, 0.3) is 11.0 Å². The number of nitrogens with zero attached hydrogens (tertiary/aromatic N) is 1. The Morgan fingerprint density at radius 1 is 1.27 bits per heavy atom. The fourth-order valence-electron chi connectivity index (χ4n) is 0.904. The van der Waals surface area contributed by atoms with Crippen molar-refractivity contribution >= 4 is 21.1 Å². The molecule has 1 heterocycles. The van der Waals surface area contributed by atoms with E-state index in [1.807, 2.05) is 18.3 Å². The second kappa shape index (κ2) is 11.3. The number of thiol groups is 1. The van der Waals surface area contributed by atoms with E-state index in [9.17, 15) is 13.2 Å². The van der Waals surface area contributed by atoms with Crippen LogP contribution in [0.25, 0.3) is 0 Å². The molecule has 0 aliphatic heterocycles. The summed E-state index contributed by atoms with van der Waals surface area (Å²) >= 11 is 0. The predicted molar refractivity (Wildman–Crippen MR) is 73.4 cm³/mol. The van der Waals surface area contributed by atoms with Gasteiger partial charge in [0.15, 0.2) is 0 Å². The van der Waals surface area contributed by atoms with E-state index < -0.39 is 26.6 Å². The summed E-state index contributed by atoms with van der Waals surface area (Å²) in [5, 5.41) is 0. The molecule has 0 fully saturated rings. The van der Waals surface area contributed by atoms with Crippen LogP contribution < -0.4 is 0 Å². The first-order valence-electron chi connectivity index (χ1n) is 5.68. The Bertz CT molecular complexity index is 564. The molecule has 0 saturated carbocycles. The van der Waals surface area contributed by atoms with Crippen molar-refractivity contribution in [2.45, 2.75) is 31.7 Å². The van der Waals surface area contributed by atoms with Crippen LogP contribution in [0.2, 0.25) is 0 Å². The topological polar surface area (TPSA) is 122 Å². The third-order valence-electron chi connectivity index (χ3n) is 1.81. The maximum atomic E-state index is 10.7. The summed E-state index contributed by atoms with van der Waals surface area (Å²) in [6.07, 6.45) is 5.47. The van der Waals surface area contributed by atoms with Gasteiger partial charge in [-0.1, -0.05) is 19.4 Å². The summed E-state index contributed by atoms with van der Waals surface area (Å²) in [4.78, 5) is 4.22. The first-order chi connectivity index (χ1) is 9.91. The van der Waals surface area contributed by atoms with Crippen molar-refractivity contribution in [3.8, 4) is 0 Å². The van der Waals surface area contributed by atoms with E-state index in [1.165, 1.54) is 18.5 Å². The molecule has 7 nitrogen and oxygen atoms in total. The van der Waals surface area contributed by atoms with Gasteiger partial charge >= 0.3 is 15.6 Å². The number of pyridine rings is 1. The van der Waals surface area contributed by atoms with Crippen LogP contribution in [0.4, 0.5) is 13.2 Å². The van der Waals surface area contributed by atoms with Crippen molar-refractivity contribution < 1.29 is 39.1 Å². The summed E-state index contributed by atoms with van der Waals surface area (Å²) in [5.74, 6) is 0. The molecule has 1 aromatic rings. The highest BCUT2D eigenvalue weighted by Crippen LogP contribution is 2.20. The van der Waals surface area contributed by atoms with Crippen LogP contribution in [-0.4, -0.2) is 36.4 Å². The van der Waals surface area contributed by atoms with Crippen molar-refractivity contribution in [2.24, 2.45) is 0 Å². The summed E-state index contributed by atoms with van der Waals surface area (Å²) < 4.78 is 81.7.